The number of aliphatic hydroxyl groups excluding tert-OH is 1. The van der Waals surface area contributed by atoms with Crippen LogP contribution < -0.4 is 0 Å². The van der Waals surface area contributed by atoms with E-state index in [4.69, 9.17) is 18.9 Å². The molecular weight excluding hydrogens is 410 g/mol. The SMILES string of the molecule is CC(OC(=O)OC1CCOCC1)OC(=O)[C@@H]1N2C(=O)[C@@H](CO)[C@H]2S(=O)(=O)C1(C)C. The molecule has 3 rings (SSSR count). The van der Waals surface area contributed by atoms with Crippen molar-refractivity contribution in [3.8, 4) is 0 Å². The summed E-state index contributed by atoms with van der Waals surface area (Å²) in [6.45, 7) is 4.22. The van der Waals surface area contributed by atoms with Crippen LogP contribution in [0.5, 0.6) is 0 Å². The van der Waals surface area contributed by atoms with E-state index in [1.54, 1.807) is 0 Å². The number of nitrogens with zero attached hydrogens (tertiary/aromatic N) is 1. The van der Waals surface area contributed by atoms with E-state index in [0.717, 1.165) is 4.90 Å². The predicted molar refractivity (Wildman–Crippen MR) is 95.0 cm³/mol. The molecule has 0 aromatic rings. The molecule has 4 atom stereocenters. The minimum Gasteiger partial charge on any atom is -0.431 e. The Hall–Kier alpha value is -1.92. The lowest BCUT2D eigenvalue weighted by Crippen LogP contribution is -2.64. The zero-order valence-corrected chi connectivity index (χ0v) is 17.2. The smallest absolute Gasteiger partial charge is 0.431 e. The molecule has 1 unspecified atom stereocenters. The van der Waals surface area contributed by atoms with Crippen molar-refractivity contribution in [1.82, 2.24) is 4.90 Å². The summed E-state index contributed by atoms with van der Waals surface area (Å²) in [5.41, 5.74) is 0. The van der Waals surface area contributed by atoms with Gasteiger partial charge < -0.3 is 29.0 Å². The Morgan fingerprint density at radius 2 is 1.90 bits per heavy atom. The van der Waals surface area contributed by atoms with Gasteiger partial charge in [0.2, 0.25) is 12.2 Å². The van der Waals surface area contributed by atoms with Gasteiger partial charge in [0, 0.05) is 19.8 Å². The molecule has 11 nitrogen and oxygen atoms in total. The monoisotopic (exact) mass is 435 g/mol. The third-order valence-corrected chi connectivity index (χ3v) is 8.45. The summed E-state index contributed by atoms with van der Waals surface area (Å²) >= 11 is 0. The number of rotatable bonds is 5. The number of carbonyl (C=O) groups excluding carboxylic acids is 3. The topological polar surface area (TPSA) is 146 Å². The molecule has 0 aliphatic carbocycles. The molecule has 1 N–H and O–H groups in total. The molecule has 29 heavy (non-hydrogen) atoms. The Bertz CT molecular complexity index is 788. The number of hydrogen-bond donors (Lipinski definition) is 1. The highest BCUT2D eigenvalue weighted by Gasteiger charge is 2.72. The van der Waals surface area contributed by atoms with E-state index in [2.05, 4.69) is 0 Å². The van der Waals surface area contributed by atoms with Crippen LogP contribution in [-0.4, -0.2) is 84.8 Å². The van der Waals surface area contributed by atoms with E-state index in [1.165, 1.54) is 20.8 Å². The summed E-state index contributed by atoms with van der Waals surface area (Å²) in [5.74, 6) is -2.75. The molecule has 0 saturated carbocycles. The van der Waals surface area contributed by atoms with Gasteiger partial charge in [-0.05, 0) is 13.8 Å². The second kappa shape index (κ2) is 7.73. The van der Waals surface area contributed by atoms with E-state index in [9.17, 15) is 27.9 Å². The molecule has 0 aromatic carbocycles. The highest BCUT2D eigenvalue weighted by Crippen LogP contribution is 2.48. The number of amides is 1. The first-order valence-corrected chi connectivity index (χ1v) is 10.9. The third kappa shape index (κ3) is 3.57. The van der Waals surface area contributed by atoms with Gasteiger partial charge in [0.25, 0.3) is 0 Å². The maximum Gasteiger partial charge on any atom is 0.511 e. The lowest BCUT2D eigenvalue weighted by Gasteiger charge is -2.42. The molecule has 12 heteroatoms. The number of esters is 1. The summed E-state index contributed by atoms with van der Waals surface area (Å²) in [5, 5.41) is 8.03. The van der Waals surface area contributed by atoms with Crippen LogP contribution in [0.15, 0.2) is 0 Å². The summed E-state index contributed by atoms with van der Waals surface area (Å²) in [7, 11) is -3.93. The number of aliphatic hydroxyl groups is 1. The molecule has 3 aliphatic rings. The number of ether oxygens (including phenoxy) is 4. The molecule has 3 saturated heterocycles. The Labute approximate surface area is 168 Å². The van der Waals surface area contributed by atoms with Crippen molar-refractivity contribution >= 4 is 27.9 Å². The summed E-state index contributed by atoms with van der Waals surface area (Å²) < 4.78 is 44.2. The first-order valence-electron chi connectivity index (χ1n) is 9.34. The molecule has 3 fully saturated rings. The second-order valence-electron chi connectivity index (χ2n) is 7.78. The Balaban J connectivity index is 1.63. The molecule has 164 valence electrons. The average Bonchev–Trinajstić information content (AvgIpc) is 2.77. The van der Waals surface area contributed by atoms with Gasteiger partial charge in [0.1, 0.15) is 17.5 Å². The van der Waals surface area contributed by atoms with Crippen molar-refractivity contribution in [3.63, 3.8) is 0 Å². The fourth-order valence-electron chi connectivity index (χ4n) is 3.90. The van der Waals surface area contributed by atoms with Gasteiger partial charge in [0.15, 0.2) is 9.84 Å². The van der Waals surface area contributed by atoms with Crippen molar-refractivity contribution in [1.29, 1.82) is 0 Å². The fraction of sp³-hybridized carbons (Fsp3) is 0.824. The largest absolute Gasteiger partial charge is 0.511 e. The molecule has 0 bridgehead atoms. The fourth-order valence-corrected chi connectivity index (χ4v) is 6.21. The zero-order chi connectivity index (χ0) is 21.6. The number of sulfone groups is 1. The van der Waals surface area contributed by atoms with Crippen LogP contribution in [0.3, 0.4) is 0 Å². The second-order valence-corrected chi connectivity index (χ2v) is 10.4. The standard InChI is InChI=1S/C17H25NO10S/c1-9(27-16(22)28-10-4-6-25-7-5-10)26-15(21)12-17(2,3)29(23,24)14-11(8-19)13(20)18(12)14/h9-12,14,19H,4-8H2,1-3H3/t9?,11-,12+,14-/m1/s1. The van der Waals surface area contributed by atoms with Gasteiger partial charge >= 0.3 is 12.1 Å². The maximum atomic E-state index is 12.8. The summed E-state index contributed by atoms with van der Waals surface area (Å²) in [4.78, 5) is 37.7. The van der Waals surface area contributed by atoms with Crippen LogP contribution in [0.1, 0.15) is 33.6 Å². The molecule has 3 heterocycles. The molecule has 0 radical (unpaired) electrons. The van der Waals surface area contributed by atoms with Crippen LogP contribution in [-0.2, 0) is 38.4 Å². The zero-order valence-electron chi connectivity index (χ0n) is 16.4. The van der Waals surface area contributed by atoms with Crippen LogP contribution in [0, 0.1) is 5.92 Å². The van der Waals surface area contributed by atoms with Gasteiger partial charge in [-0.3, -0.25) is 4.79 Å². The third-order valence-electron chi connectivity index (χ3n) is 5.57. The van der Waals surface area contributed by atoms with Crippen LogP contribution in [0.25, 0.3) is 0 Å². The summed E-state index contributed by atoms with van der Waals surface area (Å²) in [6.07, 6.45) is -1.66. The van der Waals surface area contributed by atoms with Crippen LogP contribution >= 0.6 is 0 Å². The number of carbonyl (C=O) groups is 3. The van der Waals surface area contributed by atoms with E-state index in [1.807, 2.05) is 0 Å². The van der Waals surface area contributed by atoms with Crippen molar-refractivity contribution in [2.45, 2.75) is 62.2 Å². The van der Waals surface area contributed by atoms with Crippen LogP contribution in [0.4, 0.5) is 4.79 Å². The van der Waals surface area contributed by atoms with Gasteiger partial charge in [-0.25, -0.2) is 18.0 Å². The van der Waals surface area contributed by atoms with Crippen molar-refractivity contribution in [2.24, 2.45) is 5.92 Å². The van der Waals surface area contributed by atoms with E-state index in [0.29, 0.717) is 26.1 Å². The Morgan fingerprint density at radius 3 is 2.48 bits per heavy atom. The van der Waals surface area contributed by atoms with Crippen molar-refractivity contribution in [2.75, 3.05) is 19.8 Å². The van der Waals surface area contributed by atoms with Crippen LogP contribution in [0.2, 0.25) is 0 Å². The Morgan fingerprint density at radius 1 is 1.28 bits per heavy atom. The molecule has 1 amide bonds. The van der Waals surface area contributed by atoms with Crippen molar-refractivity contribution in [3.05, 3.63) is 0 Å². The predicted octanol–water partition coefficient (Wildman–Crippen LogP) is -0.440. The number of β-lactam (4-membered cyclic amide) rings is 1. The minimum absolute atomic E-state index is 0.354. The van der Waals surface area contributed by atoms with Gasteiger partial charge in [-0.15, -0.1) is 0 Å². The highest BCUT2D eigenvalue weighted by molar-refractivity contribution is 7.93. The van der Waals surface area contributed by atoms with Crippen molar-refractivity contribution < 1.29 is 46.9 Å². The number of fused-ring (bicyclic) bond motifs is 1. The Kier molecular flexibility index (Phi) is 5.80. The maximum absolute atomic E-state index is 12.8. The van der Waals surface area contributed by atoms with Gasteiger partial charge in [0.05, 0.1) is 30.5 Å². The van der Waals surface area contributed by atoms with E-state index >= 15 is 0 Å². The highest BCUT2D eigenvalue weighted by atomic mass is 32.2. The molecule has 3 aliphatic heterocycles. The summed E-state index contributed by atoms with van der Waals surface area (Å²) in [6, 6.07) is -1.41. The van der Waals surface area contributed by atoms with Gasteiger partial charge in [-0.2, -0.15) is 0 Å². The number of hydrogen-bond acceptors (Lipinski definition) is 10. The lowest BCUT2D eigenvalue weighted by molar-refractivity contribution is -0.183. The first kappa shape index (κ1) is 21.8. The molecular formula is C17H25NO10S. The quantitative estimate of drug-likeness (QED) is 0.342. The minimum atomic E-state index is -3.93. The van der Waals surface area contributed by atoms with Gasteiger partial charge in [-0.1, -0.05) is 0 Å². The lowest BCUT2D eigenvalue weighted by atomic mass is 9.92. The molecule has 0 spiro atoms. The first-order chi connectivity index (χ1) is 13.5. The van der Waals surface area contributed by atoms with E-state index < -0.39 is 62.8 Å². The normalized spacial score (nSPS) is 31.4. The average molecular weight is 435 g/mol. The molecule has 0 aromatic heterocycles. The van der Waals surface area contributed by atoms with E-state index in [-0.39, 0.29) is 6.10 Å².